The van der Waals surface area contributed by atoms with Gasteiger partial charge in [0.25, 0.3) is 0 Å². The fourth-order valence-corrected chi connectivity index (χ4v) is 5.12. The summed E-state index contributed by atoms with van der Waals surface area (Å²) >= 11 is 0. The van der Waals surface area contributed by atoms with Crippen LogP contribution in [-0.2, 0) is 0 Å². The third kappa shape index (κ3) is 3.46. The zero-order valence-corrected chi connectivity index (χ0v) is 19.1. The highest BCUT2D eigenvalue weighted by Gasteiger charge is 2.43. The number of fused-ring (bicyclic) bond motifs is 2. The van der Waals surface area contributed by atoms with Crippen LogP contribution in [0, 0.1) is 12.3 Å². The van der Waals surface area contributed by atoms with E-state index in [0.29, 0.717) is 36.4 Å². The summed E-state index contributed by atoms with van der Waals surface area (Å²) in [5, 5.41) is 14.3. The van der Waals surface area contributed by atoms with E-state index in [4.69, 9.17) is 4.98 Å². The van der Waals surface area contributed by atoms with Crippen molar-refractivity contribution in [2.45, 2.75) is 52.6 Å². The molecule has 0 bridgehead atoms. The maximum atomic E-state index is 13.1. The summed E-state index contributed by atoms with van der Waals surface area (Å²) in [6.45, 7) is 8.48. The van der Waals surface area contributed by atoms with E-state index in [2.05, 4.69) is 15.1 Å². The maximum Gasteiger partial charge on any atom is 0.407 e. The van der Waals surface area contributed by atoms with Crippen molar-refractivity contribution >= 4 is 22.8 Å². The van der Waals surface area contributed by atoms with Crippen molar-refractivity contribution < 1.29 is 9.90 Å². The van der Waals surface area contributed by atoms with E-state index in [1.165, 1.54) is 4.90 Å². The first-order valence-electron chi connectivity index (χ1n) is 11.1. The Labute approximate surface area is 189 Å². The third-order valence-corrected chi connectivity index (χ3v) is 6.44. The van der Waals surface area contributed by atoms with Crippen LogP contribution in [0.1, 0.15) is 45.2 Å². The molecule has 1 saturated heterocycles. The number of aromatic nitrogens is 6. The van der Waals surface area contributed by atoms with Crippen molar-refractivity contribution in [3.8, 4) is 11.4 Å². The van der Waals surface area contributed by atoms with Gasteiger partial charge in [0, 0.05) is 12.7 Å². The molecule has 1 unspecified atom stereocenters. The second kappa shape index (κ2) is 7.43. The van der Waals surface area contributed by atoms with E-state index in [1.54, 1.807) is 21.5 Å². The Kier molecular flexibility index (Phi) is 4.77. The van der Waals surface area contributed by atoms with Gasteiger partial charge in [-0.25, -0.2) is 24.1 Å². The molecule has 2 N–H and O–H groups in total. The van der Waals surface area contributed by atoms with Gasteiger partial charge in [0.1, 0.15) is 5.52 Å². The van der Waals surface area contributed by atoms with Crippen LogP contribution < -0.4 is 5.69 Å². The van der Waals surface area contributed by atoms with Gasteiger partial charge in [0.2, 0.25) is 0 Å². The van der Waals surface area contributed by atoms with Crippen LogP contribution in [0.4, 0.5) is 4.79 Å². The topological polar surface area (TPSA) is 121 Å². The number of carboxylic acid groups (broad SMARTS) is 1. The Morgan fingerprint density at radius 2 is 2.06 bits per heavy atom. The lowest BCUT2D eigenvalue weighted by molar-refractivity contribution is 0.0274. The van der Waals surface area contributed by atoms with E-state index in [1.807, 2.05) is 46.0 Å². The highest BCUT2D eigenvalue weighted by molar-refractivity contribution is 5.79. The van der Waals surface area contributed by atoms with E-state index in [0.717, 1.165) is 16.6 Å². The molecule has 4 aromatic heterocycles. The van der Waals surface area contributed by atoms with Crippen LogP contribution in [0.2, 0.25) is 0 Å². The number of nitrogens with one attached hydrogen (secondary N) is 1. The number of rotatable bonds is 2. The number of H-pyrrole nitrogens is 1. The molecule has 10 heteroatoms. The first-order chi connectivity index (χ1) is 15.6. The fraction of sp³-hybridized carbons (Fsp3) is 0.435. The largest absolute Gasteiger partial charge is 0.465 e. The first-order valence-corrected chi connectivity index (χ1v) is 11.1. The van der Waals surface area contributed by atoms with Crippen molar-refractivity contribution in [1.82, 2.24) is 34.0 Å². The zero-order valence-electron chi connectivity index (χ0n) is 19.1. The van der Waals surface area contributed by atoms with Gasteiger partial charge in [-0.2, -0.15) is 5.10 Å². The van der Waals surface area contributed by atoms with Crippen LogP contribution >= 0.6 is 0 Å². The molecule has 2 atom stereocenters. The van der Waals surface area contributed by atoms with Gasteiger partial charge in [0.05, 0.1) is 35.6 Å². The van der Waals surface area contributed by atoms with Crippen molar-refractivity contribution in [1.29, 1.82) is 0 Å². The lowest BCUT2D eigenvalue weighted by atomic mass is 9.77. The number of pyridine rings is 1. The molecular weight excluding hydrogens is 422 g/mol. The van der Waals surface area contributed by atoms with E-state index >= 15 is 0 Å². The Morgan fingerprint density at radius 1 is 1.27 bits per heavy atom. The molecule has 1 aliphatic rings. The minimum atomic E-state index is -0.968. The minimum absolute atomic E-state index is 0.307. The molecular formula is C23H27N7O3. The van der Waals surface area contributed by atoms with Crippen LogP contribution in [0.3, 0.4) is 0 Å². The smallest absolute Gasteiger partial charge is 0.407 e. The molecule has 1 amide bonds. The summed E-state index contributed by atoms with van der Waals surface area (Å²) in [4.78, 5) is 38.7. The predicted octanol–water partition coefficient (Wildman–Crippen LogP) is 3.47. The van der Waals surface area contributed by atoms with Crippen LogP contribution in [0.5, 0.6) is 0 Å². The van der Waals surface area contributed by atoms with E-state index in [9.17, 15) is 14.7 Å². The minimum Gasteiger partial charge on any atom is -0.465 e. The van der Waals surface area contributed by atoms with Crippen molar-refractivity contribution in [2.24, 2.45) is 5.41 Å². The Hall–Kier alpha value is -3.69. The number of hydrogen-bond acceptors (Lipinski definition) is 5. The summed E-state index contributed by atoms with van der Waals surface area (Å²) < 4.78 is 3.39. The quantitative estimate of drug-likeness (QED) is 0.483. The van der Waals surface area contributed by atoms with Crippen molar-refractivity contribution in [3.05, 3.63) is 46.8 Å². The second-order valence-corrected chi connectivity index (χ2v) is 9.82. The summed E-state index contributed by atoms with van der Waals surface area (Å²) in [7, 11) is 0. The molecule has 0 aliphatic carbocycles. The maximum absolute atomic E-state index is 13.1. The Bertz CT molecular complexity index is 1430. The monoisotopic (exact) mass is 449 g/mol. The second-order valence-electron chi connectivity index (χ2n) is 9.82. The number of imidazole rings is 1. The van der Waals surface area contributed by atoms with E-state index < -0.39 is 6.09 Å². The number of piperidine rings is 1. The van der Waals surface area contributed by atoms with E-state index in [-0.39, 0.29) is 23.2 Å². The number of carbonyl (C=O) groups is 1. The predicted molar refractivity (Wildman–Crippen MR) is 123 cm³/mol. The van der Waals surface area contributed by atoms with Crippen molar-refractivity contribution in [3.63, 3.8) is 0 Å². The van der Waals surface area contributed by atoms with Crippen molar-refractivity contribution in [2.75, 3.05) is 6.54 Å². The summed E-state index contributed by atoms with van der Waals surface area (Å²) in [6, 6.07) is 3.27. The molecule has 0 radical (unpaired) electrons. The molecule has 4 aromatic rings. The molecule has 10 nitrogen and oxygen atoms in total. The number of aromatic amines is 1. The van der Waals surface area contributed by atoms with Gasteiger partial charge >= 0.3 is 11.8 Å². The molecule has 0 saturated carbocycles. The fourth-order valence-electron chi connectivity index (χ4n) is 5.12. The number of amides is 1. The number of nitrogens with zero attached hydrogens (tertiary/aromatic N) is 6. The average Bonchev–Trinajstić information content (AvgIpc) is 3.31. The van der Waals surface area contributed by atoms with Crippen LogP contribution in [-0.4, -0.2) is 57.8 Å². The summed E-state index contributed by atoms with van der Waals surface area (Å²) in [6.07, 6.45) is 5.61. The van der Waals surface area contributed by atoms with Gasteiger partial charge in [-0.3, -0.25) is 4.57 Å². The molecule has 0 spiro atoms. The third-order valence-electron chi connectivity index (χ3n) is 6.44. The van der Waals surface area contributed by atoms with Gasteiger partial charge in [-0.05, 0) is 42.9 Å². The molecule has 5 heterocycles. The highest BCUT2D eigenvalue weighted by atomic mass is 16.4. The van der Waals surface area contributed by atoms with Gasteiger partial charge < -0.3 is 15.0 Å². The average molecular weight is 450 g/mol. The Morgan fingerprint density at radius 3 is 2.79 bits per heavy atom. The SMILES string of the molecule is Cc1ccn2ncc(-c3ncc4[nH]c(=O)n(C5CCCN(C(=O)O)[C@H]5C(C)(C)C)c4n3)c2c1. The zero-order chi connectivity index (χ0) is 23.5. The Balaban J connectivity index is 1.69. The molecule has 1 fully saturated rings. The number of likely N-dealkylation sites (tertiary alicyclic amines) is 1. The molecule has 5 rings (SSSR count). The van der Waals surface area contributed by atoms with Gasteiger partial charge in [0.15, 0.2) is 11.5 Å². The molecule has 172 valence electrons. The first kappa shape index (κ1) is 21.2. The lowest BCUT2D eigenvalue weighted by Crippen LogP contribution is -2.55. The van der Waals surface area contributed by atoms with Gasteiger partial charge in [-0.15, -0.1) is 0 Å². The highest BCUT2D eigenvalue weighted by Crippen LogP contribution is 2.39. The van der Waals surface area contributed by atoms with Crippen LogP contribution in [0.15, 0.2) is 35.5 Å². The summed E-state index contributed by atoms with van der Waals surface area (Å²) in [5.41, 5.74) is 3.05. The lowest BCUT2D eigenvalue weighted by Gasteiger charge is -2.46. The molecule has 0 aromatic carbocycles. The van der Waals surface area contributed by atoms with Crippen LogP contribution in [0.25, 0.3) is 28.1 Å². The number of hydrogen-bond donors (Lipinski definition) is 2. The summed E-state index contributed by atoms with van der Waals surface area (Å²) in [5.74, 6) is 0.467. The van der Waals surface area contributed by atoms with Gasteiger partial charge in [-0.1, -0.05) is 20.8 Å². The standard InChI is InChI=1S/C23H27N7O3/c1-13-7-9-29-17(10-13)14(11-25-29)19-24-12-15-20(27-19)30(21(31)26-15)16-6-5-8-28(22(32)33)18(16)23(2,3)4/h7,9-12,16,18H,5-6,8H2,1-4H3,(H,26,31)(H,32,33)/t16?,18-/m1/s1. The number of aryl methyl sites for hydroxylation is 1. The molecule has 1 aliphatic heterocycles. The normalized spacial score (nSPS) is 19.5. The molecule has 33 heavy (non-hydrogen) atoms.